The van der Waals surface area contributed by atoms with Gasteiger partial charge < -0.3 is 20.3 Å². The number of nitrogens with one attached hydrogen (secondary N) is 1. The van der Waals surface area contributed by atoms with E-state index < -0.39 is 28.9 Å². The van der Waals surface area contributed by atoms with Crippen molar-refractivity contribution in [3.05, 3.63) is 41.2 Å². The Kier molecular flexibility index (Phi) is 10.2. The maximum absolute atomic E-state index is 14.0. The van der Waals surface area contributed by atoms with Gasteiger partial charge in [0.15, 0.2) is 5.78 Å². The van der Waals surface area contributed by atoms with Gasteiger partial charge in [0.1, 0.15) is 6.10 Å². The third-order valence-electron chi connectivity index (χ3n) is 16.2. The summed E-state index contributed by atoms with van der Waals surface area (Å²) in [5.74, 6) is 0.0894. The van der Waals surface area contributed by atoms with E-state index in [-0.39, 0.29) is 51.8 Å². The van der Waals surface area contributed by atoms with Crippen LogP contribution in [0.3, 0.4) is 0 Å². The number of aliphatic hydroxyl groups is 1. The lowest BCUT2D eigenvalue weighted by atomic mass is 9.33. The number of aromatic nitrogens is 1. The van der Waals surface area contributed by atoms with Gasteiger partial charge in [-0.05, 0) is 135 Å². The van der Waals surface area contributed by atoms with Gasteiger partial charge in [0.2, 0.25) is 0 Å². The van der Waals surface area contributed by atoms with Gasteiger partial charge in [-0.15, -0.1) is 0 Å². The van der Waals surface area contributed by atoms with Gasteiger partial charge in [-0.25, -0.2) is 0 Å². The molecule has 0 saturated heterocycles. The molecule has 1 aromatic rings. The van der Waals surface area contributed by atoms with E-state index in [0.717, 1.165) is 69.9 Å². The van der Waals surface area contributed by atoms with Crippen molar-refractivity contribution in [1.29, 1.82) is 0 Å². The van der Waals surface area contributed by atoms with E-state index in [1.807, 2.05) is 12.3 Å². The predicted molar refractivity (Wildman–Crippen MR) is 202 cm³/mol. The number of esters is 1. The van der Waals surface area contributed by atoms with Crippen LogP contribution in [0, 0.1) is 56.2 Å². The lowest BCUT2D eigenvalue weighted by Gasteiger charge is -2.72. The Morgan fingerprint density at radius 3 is 2.38 bits per heavy atom. The number of carbonyl (C=O) groups is 3. The molecule has 4 saturated carbocycles. The number of aliphatic carboxylic acids is 1. The number of aliphatic hydroxyl groups excluding tert-OH is 1. The maximum atomic E-state index is 14.0. The van der Waals surface area contributed by atoms with Gasteiger partial charge in [0, 0.05) is 36.2 Å². The molecule has 0 aromatic carbocycles. The molecule has 52 heavy (non-hydrogen) atoms. The number of carbonyl (C=O) groups excluding carboxylic acids is 2. The van der Waals surface area contributed by atoms with Gasteiger partial charge in [-0.2, -0.15) is 0 Å². The predicted octanol–water partition coefficient (Wildman–Crippen LogP) is 7.97. The van der Waals surface area contributed by atoms with Crippen LogP contribution in [0.25, 0.3) is 0 Å². The molecule has 4 fully saturated rings. The monoisotopic (exact) mass is 718 g/mol. The summed E-state index contributed by atoms with van der Waals surface area (Å²) in [6, 6.07) is 4.03. The van der Waals surface area contributed by atoms with Crippen molar-refractivity contribution in [3.8, 4) is 0 Å². The van der Waals surface area contributed by atoms with E-state index in [0.29, 0.717) is 24.8 Å². The van der Waals surface area contributed by atoms with Gasteiger partial charge in [-0.1, -0.05) is 60.1 Å². The molecular formula is C44H66N2O6. The fourth-order valence-electron chi connectivity index (χ4n) is 13.1. The standard InChI is InChI=1S/C44H66N2O6/c1-27(2)36-30(47)23-44(33(48)26-46-22-16-28-11-10-21-45-25-28)20-19-42(8)29(37(36)44)12-13-32-41(7)17-15-34(52-35(49)24-39(3,4)38(50)51)40(5,6)31(41)14-18-43(32,42)9/h10-11,21,25,27,29,31-34,46,48H,12-20,22-24,26H2,1-9H3,(H,50,51)/t29-,31+,32-,33?,34+,41+,42-,43-,44?/m1/s1. The van der Waals surface area contributed by atoms with Gasteiger partial charge in [-0.3, -0.25) is 19.4 Å². The number of hydrogen-bond acceptors (Lipinski definition) is 7. The summed E-state index contributed by atoms with van der Waals surface area (Å²) < 4.78 is 6.16. The van der Waals surface area contributed by atoms with Crippen LogP contribution in [-0.4, -0.2) is 58.2 Å². The van der Waals surface area contributed by atoms with Crippen molar-refractivity contribution in [2.24, 2.45) is 56.2 Å². The summed E-state index contributed by atoms with van der Waals surface area (Å²) in [5, 5.41) is 25.3. The molecule has 0 spiro atoms. The van der Waals surface area contributed by atoms with E-state index in [1.165, 1.54) is 11.1 Å². The van der Waals surface area contributed by atoms with E-state index >= 15 is 0 Å². The zero-order chi connectivity index (χ0) is 38.1. The average Bonchev–Trinajstić information content (AvgIpc) is 3.38. The summed E-state index contributed by atoms with van der Waals surface area (Å²) in [4.78, 5) is 43.1. The second-order valence-electron chi connectivity index (χ2n) is 19.9. The van der Waals surface area contributed by atoms with Crippen molar-refractivity contribution in [2.75, 3.05) is 13.1 Å². The average molecular weight is 719 g/mol. The zero-order valence-corrected chi connectivity index (χ0v) is 33.4. The molecule has 8 heteroatoms. The Morgan fingerprint density at radius 1 is 1.00 bits per heavy atom. The number of fused-ring (bicyclic) bond motifs is 7. The Morgan fingerprint density at radius 2 is 1.73 bits per heavy atom. The number of rotatable bonds is 11. The lowest BCUT2D eigenvalue weighted by molar-refractivity contribution is -0.235. The number of hydrogen-bond donors (Lipinski definition) is 3. The molecule has 5 aliphatic rings. The van der Waals surface area contributed by atoms with Crippen molar-refractivity contribution in [3.63, 3.8) is 0 Å². The second-order valence-corrected chi connectivity index (χ2v) is 19.9. The molecule has 2 unspecified atom stereocenters. The van der Waals surface area contributed by atoms with E-state index in [2.05, 4.69) is 64.8 Å². The smallest absolute Gasteiger partial charge is 0.309 e. The minimum absolute atomic E-state index is 0.00315. The first-order valence-electron chi connectivity index (χ1n) is 20.2. The number of Topliss-reactive ketones (excluding diaryl/α,β-unsaturated/α-hetero) is 1. The Balaban J connectivity index is 1.24. The fourth-order valence-corrected chi connectivity index (χ4v) is 13.1. The first-order chi connectivity index (χ1) is 24.2. The fraction of sp³-hybridized carbons (Fsp3) is 0.773. The van der Waals surface area contributed by atoms with Crippen LogP contribution in [0.15, 0.2) is 35.7 Å². The van der Waals surface area contributed by atoms with Crippen molar-refractivity contribution in [2.45, 2.75) is 145 Å². The highest BCUT2D eigenvalue weighted by atomic mass is 16.5. The molecule has 288 valence electrons. The minimum Gasteiger partial charge on any atom is -0.481 e. The van der Waals surface area contributed by atoms with Crippen LogP contribution < -0.4 is 5.32 Å². The van der Waals surface area contributed by atoms with Crippen LogP contribution in [-0.2, 0) is 25.5 Å². The van der Waals surface area contributed by atoms with E-state index in [4.69, 9.17) is 4.74 Å². The molecule has 0 aliphatic heterocycles. The van der Waals surface area contributed by atoms with Crippen molar-refractivity contribution >= 4 is 17.7 Å². The molecule has 0 amide bonds. The molecule has 9 atom stereocenters. The maximum Gasteiger partial charge on any atom is 0.309 e. The first kappa shape index (κ1) is 39.1. The Hall–Kier alpha value is -2.58. The molecule has 0 radical (unpaired) electrons. The van der Waals surface area contributed by atoms with Crippen LogP contribution in [0.5, 0.6) is 0 Å². The third kappa shape index (κ3) is 6.10. The molecule has 5 aliphatic carbocycles. The molecule has 1 aromatic heterocycles. The molecule has 1 heterocycles. The number of nitrogens with zero attached hydrogens (tertiary/aromatic N) is 1. The van der Waals surface area contributed by atoms with Crippen LogP contribution >= 0.6 is 0 Å². The highest BCUT2D eigenvalue weighted by Gasteiger charge is 2.70. The van der Waals surface area contributed by atoms with Crippen LogP contribution in [0.1, 0.15) is 132 Å². The van der Waals surface area contributed by atoms with Gasteiger partial charge in [0.05, 0.1) is 17.9 Å². The van der Waals surface area contributed by atoms with E-state index in [1.54, 1.807) is 20.0 Å². The van der Waals surface area contributed by atoms with Gasteiger partial charge in [0.25, 0.3) is 0 Å². The van der Waals surface area contributed by atoms with E-state index in [9.17, 15) is 24.6 Å². The summed E-state index contributed by atoms with van der Waals surface area (Å²) in [6.07, 6.45) is 11.8. The molecule has 3 N–H and O–H groups in total. The topological polar surface area (TPSA) is 126 Å². The number of ketones is 1. The Labute approximate surface area is 312 Å². The third-order valence-corrected chi connectivity index (χ3v) is 16.2. The summed E-state index contributed by atoms with van der Waals surface area (Å²) >= 11 is 0. The van der Waals surface area contributed by atoms with Gasteiger partial charge >= 0.3 is 11.9 Å². The van der Waals surface area contributed by atoms with Crippen LogP contribution in [0.4, 0.5) is 0 Å². The number of carboxylic acid groups (broad SMARTS) is 1. The van der Waals surface area contributed by atoms with Crippen LogP contribution in [0.2, 0.25) is 0 Å². The van der Waals surface area contributed by atoms with Crippen molar-refractivity contribution < 1.29 is 29.3 Å². The first-order valence-corrected chi connectivity index (χ1v) is 20.2. The molecular weight excluding hydrogens is 652 g/mol. The molecule has 6 rings (SSSR count). The van der Waals surface area contributed by atoms with Crippen molar-refractivity contribution in [1.82, 2.24) is 10.3 Å². The number of carboxylic acids is 1. The Bertz CT molecular complexity index is 1580. The number of pyridine rings is 1. The molecule has 8 nitrogen and oxygen atoms in total. The summed E-state index contributed by atoms with van der Waals surface area (Å²) in [7, 11) is 0. The quantitative estimate of drug-likeness (QED) is 0.155. The lowest BCUT2D eigenvalue weighted by Crippen LogP contribution is -2.66. The highest BCUT2D eigenvalue weighted by Crippen LogP contribution is 2.77. The normalized spacial score (nSPS) is 37.5. The minimum atomic E-state index is -1.16. The summed E-state index contributed by atoms with van der Waals surface area (Å²) in [6.45, 7) is 20.9. The number of allylic oxidation sites excluding steroid dienone is 1. The SMILES string of the molecule is CC(C)C1=C2[C@H]3CC[C@@H]4[C@@]5(C)CC[C@H](OC(=O)CC(C)(C)C(=O)O)C(C)(C)[C@@H]5CC[C@@]4(C)[C@]3(C)CCC2(C(O)CNCCc2cccnc2)CC1=O. The second kappa shape index (κ2) is 13.6. The molecule has 0 bridgehead atoms. The number of ether oxygens (including phenoxy) is 1. The zero-order valence-electron chi connectivity index (χ0n) is 33.4. The largest absolute Gasteiger partial charge is 0.481 e. The summed E-state index contributed by atoms with van der Waals surface area (Å²) in [5.41, 5.74) is 1.69. The highest BCUT2D eigenvalue weighted by molar-refractivity contribution is 6.00.